The number of nitrogens with zero attached hydrogens (tertiary/aromatic N) is 1. The third kappa shape index (κ3) is 2.96. The van der Waals surface area contributed by atoms with Gasteiger partial charge in [0, 0.05) is 30.9 Å². The zero-order valence-corrected chi connectivity index (χ0v) is 11.9. The fourth-order valence-corrected chi connectivity index (χ4v) is 2.70. The number of anilines is 1. The minimum absolute atomic E-state index is 0.562. The summed E-state index contributed by atoms with van der Waals surface area (Å²) in [5, 5.41) is 3.62. The Labute approximate surface area is 110 Å². The zero-order chi connectivity index (χ0) is 13.1. The van der Waals surface area contributed by atoms with E-state index in [0.717, 1.165) is 18.8 Å². The van der Waals surface area contributed by atoms with E-state index in [2.05, 4.69) is 43.1 Å². The Hall–Kier alpha value is -1.22. The van der Waals surface area contributed by atoms with Crippen molar-refractivity contribution in [2.24, 2.45) is 0 Å². The second-order valence-corrected chi connectivity index (χ2v) is 5.41. The van der Waals surface area contributed by atoms with Gasteiger partial charge in [0.05, 0.1) is 7.11 Å². The Bertz CT molecular complexity index is 403. The summed E-state index contributed by atoms with van der Waals surface area (Å²) in [6, 6.07) is 7.51. The molecule has 1 saturated heterocycles. The van der Waals surface area contributed by atoms with Crippen LogP contribution in [0.3, 0.4) is 0 Å². The Kier molecular flexibility index (Phi) is 4.12. The molecule has 0 aromatic heterocycles. The van der Waals surface area contributed by atoms with E-state index in [9.17, 15) is 0 Å². The van der Waals surface area contributed by atoms with Crippen molar-refractivity contribution < 1.29 is 4.74 Å². The maximum absolute atomic E-state index is 5.26. The molecule has 3 heteroatoms. The predicted octanol–water partition coefficient (Wildman–Crippen LogP) is 2.58. The molecule has 1 heterocycles. The summed E-state index contributed by atoms with van der Waals surface area (Å²) in [6.07, 6.45) is 1.23. The van der Waals surface area contributed by atoms with Crippen LogP contribution in [-0.2, 0) is 0 Å². The second-order valence-electron chi connectivity index (χ2n) is 5.41. The lowest BCUT2D eigenvalue weighted by Gasteiger charge is -2.22. The smallest absolute Gasteiger partial charge is 0.119 e. The third-order valence-corrected chi connectivity index (χ3v) is 3.50. The van der Waals surface area contributed by atoms with Crippen molar-refractivity contribution in [1.82, 2.24) is 5.32 Å². The van der Waals surface area contributed by atoms with Gasteiger partial charge >= 0.3 is 0 Å². The molecule has 1 aromatic rings. The van der Waals surface area contributed by atoms with Crippen molar-refractivity contribution in [3.05, 3.63) is 23.8 Å². The highest BCUT2D eigenvalue weighted by Gasteiger charge is 2.23. The zero-order valence-electron chi connectivity index (χ0n) is 11.9. The maximum atomic E-state index is 5.26. The lowest BCUT2D eigenvalue weighted by Crippen LogP contribution is -2.37. The van der Waals surface area contributed by atoms with Gasteiger partial charge in [-0.2, -0.15) is 0 Å². The van der Waals surface area contributed by atoms with Crippen LogP contribution in [0.5, 0.6) is 5.75 Å². The highest BCUT2D eigenvalue weighted by Crippen LogP contribution is 2.27. The van der Waals surface area contributed by atoms with Crippen molar-refractivity contribution in [2.75, 3.05) is 25.1 Å². The molecule has 0 radical (unpaired) electrons. The Morgan fingerprint density at radius 1 is 1.39 bits per heavy atom. The monoisotopic (exact) mass is 248 g/mol. The molecule has 1 aliphatic rings. The van der Waals surface area contributed by atoms with Gasteiger partial charge in [0.1, 0.15) is 5.75 Å². The quantitative estimate of drug-likeness (QED) is 0.886. The van der Waals surface area contributed by atoms with Crippen molar-refractivity contribution in [2.45, 2.75) is 39.3 Å². The van der Waals surface area contributed by atoms with Crippen molar-refractivity contribution in [3.8, 4) is 5.75 Å². The van der Waals surface area contributed by atoms with E-state index in [0.29, 0.717) is 12.1 Å². The van der Waals surface area contributed by atoms with E-state index in [4.69, 9.17) is 4.74 Å². The first-order valence-electron chi connectivity index (χ1n) is 6.76. The van der Waals surface area contributed by atoms with E-state index in [1.54, 1.807) is 7.11 Å². The van der Waals surface area contributed by atoms with Gasteiger partial charge < -0.3 is 15.0 Å². The fourth-order valence-electron chi connectivity index (χ4n) is 2.70. The molecule has 0 bridgehead atoms. The van der Waals surface area contributed by atoms with Gasteiger partial charge in [-0.05, 0) is 37.1 Å². The molecule has 1 atom stereocenters. The largest absolute Gasteiger partial charge is 0.497 e. The summed E-state index contributed by atoms with van der Waals surface area (Å²) in [5.41, 5.74) is 2.63. The first-order valence-corrected chi connectivity index (χ1v) is 6.76. The molecule has 0 amide bonds. The van der Waals surface area contributed by atoms with Gasteiger partial charge in [-0.15, -0.1) is 0 Å². The minimum Gasteiger partial charge on any atom is -0.497 e. The number of aryl methyl sites for hydroxylation is 1. The van der Waals surface area contributed by atoms with Gasteiger partial charge in [0.25, 0.3) is 0 Å². The number of nitrogens with one attached hydrogen (secondary N) is 1. The molecule has 1 aromatic carbocycles. The Balaban J connectivity index is 2.05. The number of benzene rings is 1. The van der Waals surface area contributed by atoms with Crippen LogP contribution in [0, 0.1) is 6.92 Å². The standard InChI is InChI=1S/C15H24N2O/c1-11(2)16-13-7-8-17(10-13)15-6-5-14(18-4)9-12(15)3/h5-6,9,11,13,16H,7-8,10H2,1-4H3. The summed E-state index contributed by atoms with van der Waals surface area (Å²) in [5.74, 6) is 0.937. The normalized spacial score (nSPS) is 19.6. The molecule has 1 fully saturated rings. The molecule has 1 aliphatic heterocycles. The Morgan fingerprint density at radius 2 is 2.17 bits per heavy atom. The van der Waals surface area contributed by atoms with Gasteiger partial charge in [-0.3, -0.25) is 0 Å². The van der Waals surface area contributed by atoms with Gasteiger partial charge in [-0.25, -0.2) is 0 Å². The molecule has 1 N–H and O–H groups in total. The SMILES string of the molecule is COc1ccc(N2CCC(NC(C)C)C2)c(C)c1. The van der Waals surface area contributed by atoms with Gasteiger partial charge in [0.2, 0.25) is 0 Å². The number of rotatable bonds is 4. The van der Waals surface area contributed by atoms with Crippen LogP contribution < -0.4 is 15.0 Å². The molecular weight excluding hydrogens is 224 g/mol. The molecule has 18 heavy (non-hydrogen) atoms. The molecule has 1 unspecified atom stereocenters. The predicted molar refractivity (Wildman–Crippen MR) is 76.6 cm³/mol. The summed E-state index contributed by atoms with van der Waals surface area (Å²) >= 11 is 0. The van der Waals surface area contributed by atoms with Crippen LogP contribution in [-0.4, -0.2) is 32.3 Å². The lowest BCUT2D eigenvalue weighted by atomic mass is 10.1. The molecule has 100 valence electrons. The lowest BCUT2D eigenvalue weighted by molar-refractivity contribution is 0.414. The molecule has 0 spiro atoms. The van der Waals surface area contributed by atoms with Crippen LogP contribution in [0.2, 0.25) is 0 Å². The fraction of sp³-hybridized carbons (Fsp3) is 0.600. The molecule has 0 aliphatic carbocycles. The van der Waals surface area contributed by atoms with E-state index >= 15 is 0 Å². The number of methoxy groups -OCH3 is 1. The highest BCUT2D eigenvalue weighted by atomic mass is 16.5. The first kappa shape index (κ1) is 13.2. The van der Waals surface area contributed by atoms with E-state index in [1.807, 2.05) is 6.07 Å². The van der Waals surface area contributed by atoms with Crippen LogP contribution in [0.4, 0.5) is 5.69 Å². The van der Waals surface area contributed by atoms with Gasteiger partial charge in [-0.1, -0.05) is 13.8 Å². The topological polar surface area (TPSA) is 24.5 Å². The van der Waals surface area contributed by atoms with Crippen LogP contribution in [0.25, 0.3) is 0 Å². The molecular formula is C15H24N2O. The first-order chi connectivity index (χ1) is 8.60. The average molecular weight is 248 g/mol. The van der Waals surface area contributed by atoms with E-state index in [1.165, 1.54) is 17.7 Å². The number of hydrogen-bond donors (Lipinski definition) is 1. The number of hydrogen-bond acceptors (Lipinski definition) is 3. The van der Waals surface area contributed by atoms with Crippen LogP contribution in [0.1, 0.15) is 25.8 Å². The highest BCUT2D eigenvalue weighted by molar-refractivity contribution is 5.56. The summed E-state index contributed by atoms with van der Waals surface area (Å²) < 4.78 is 5.26. The van der Waals surface area contributed by atoms with Crippen LogP contribution >= 0.6 is 0 Å². The van der Waals surface area contributed by atoms with Crippen LogP contribution in [0.15, 0.2) is 18.2 Å². The molecule has 0 saturated carbocycles. The van der Waals surface area contributed by atoms with Crippen molar-refractivity contribution >= 4 is 5.69 Å². The minimum atomic E-state index is 0.562. The molecule has 3 nitrogen and oxygen atoms in total. The van der Waals surface area contributed by atoms with Crippen molar-refractivity contribution in [1.29, 1.82) is 0 Å². The Morgan fingerprint density at radius 3 is 2.78 bits per heavy atom. The average Bonchev–Trinajstić information content (AvgIpc) is 2.76. The van der Waals surface area contributed by atoms with Gasteiger partial charge in [0.15, 0.2) is 0 Å². The van der Waals surface area contributed by atoms with E-state index < -0.39 is 0 Å². The van der Waals surface area contributed by atoms with Crippen molar-refractivity contribution in [3.63, 3.8) is 0 Å². The summed E-state index contributed by atoms with van der Waals surface area (Å²) in [6.45, 7) is 8.81. The maximum Gasteiger partial charge on any atom is 0.119 e. The molecule has 2 rings (SSSR count). The third-order valence-electron chi connectivity index (χ3n) is 3.50. The number of ether oxygens (including phenoxy) is 1. The summed E-state index contributed by atoms with van der Waals surface area (Å²) in [4.78, 5) is 2.47. The van der Waals surface area contributed by atoms with E-state index in [-0.39, 0.29) is 0 Å². The summed E-state index contributed by atoms with van der Waals surface area (Å²) in [7, 11) is 1.72. The second kappa shape index (κ2) is 5.61.